The summed E-state index contributed by atoms with van der Waals surface area (Å²) in [6, 6.07) is 8.64. The van der Waals surface area contributed by atoms with Crippen molar-refractivity contribution in [2.45, 2.75) is 13.5 Å². The number of halogens is 1. The molecule has 0 aliphatic heterocycles. The average Bonchev–Trinajstić information content (AvgIpc) is 2.47. The number of ether oxygens (including phenoxy) is 1. The van der Waals surface area contributed by atoms with Crippen molar-refractivity contribution in [2.75, 3.05) is 11.9 Å². The lowest BCUT2D eigenvalue weighted by molar-refractivity contribution is 0.0697. The maximum atomic E-state index is 10.9. The predicted octanol–water partition coefficient (Wildman–Crippen LogP) is 3.55. The molecule has 0 amide bonds. The van der Waals surface area contributed by atoms with Gasteiger partial charge < -0.3 is 15.2 Å². The van der Waals surface area contributed by atoms with Crippen molar-refractivity contribution in [3.63, 3.8) is 0 Å². The molecular weight excluding hydrogens is 336 g/mol. The highest BCUT2D eigenvalue weighted by Crippen LogP contribution is 2.20. The molecule has 0 unspecified atom stereocenters. The maximum absolute atomic E-state index is 10.9. The third-order valence-corrected chi connectivity index (χ3v) is 3.55. The number of carboxylic acid groups (broad SMARTS) is 1. The minimum atomic E-state index is -0.939. The molecule has 0 spiro atoms. The van der Waals surface area contributed by atoms with E-state index in [1.807, 2.05) is 13.0 Å². The summed E-state index contributed by atoms with van der Waals surface area (Å²) in [5.74, 6) is -0.346. The summed E-state index contributed by atoms with van der Waals surface area (Å²) in [5, 5.41) is 12.1. The molecule has 1 aromatic heterocycles. The highest BCUT2D eigenvalue weighted by atomic mass is 79.9. The summed E-state index contributed by atoms with van der Waals surface area (Å²) in [5.41, 5.74) is 2.09. The molecule has 2 N–H and O–H groups in total. The molecule has 6 heteroatoms. The van der Waals surface area contributed by atoms with Gasteiger partial charge in [0.15, 0.2) is 0 Å². The van der Waals surface area contributed by atoms with Crippen LogP contribution in [0.1, 0.15) is 22.8 Å². The van der Waals surface area contributed by atoms with Gasteiger partial charge >= 0.3 is 5.97 Å². The monoisotopic (exact) mass is 350 g/mol. The lowest BCUT2D eigenvalue weighted by Gasteiger charge is -2.09. The van der Waals surface area contributed by atoms with Gasteiger partial charge in [0.05, 0.1) is 24.1 Å². The van der Waals surface area contributed by atoms with E-state index in [0.29, 0.717) is 19.0 Å². The third kappa shape index (κ3) is 4.19. The highest BCUT2D eigenvalue weighted by Gasteiger charge is 2.06. The number of benzene rings is 1. The number of hydrogen-bond donors (Lipinski definition) is 2. The van der Waals surface area contributed by atoms with Gasteiger partial charge in [-0.2, -0.15) is 0 Å². The van der Waals surface area contributed by atoms with Crippen LogP contribution >= 0.6 is 15.9 Å². The summed E-state index contributed by atoms with van der Waals surface area (Å²) < 4.78 is 6.03. The lowest BCUT2D eigenvalue weighted by Crippen LogP contribution is -2.03. The number of aromatic nitrogens is 1. The number of aromatic carboxylic acids is 1. The van der Waals surface area contributed by atoms with E-state index in [1.165, 1.54) is 0 Å². The Balaban J connectivity index is 2.01. The fraction of sp³-hybridized carbons (Fsp3) is 0.200. The van der Waals surface area contributed by atoms with Crippen LogP contribution < -0.4 is 10.1 Å². The molecule has 0 radical (unpaired) electrons. The smallest absolute Gasteiger partial charge is 0.335 e. The second kappa shape index (κ2) is 7.08. The summed E-state index contributed by atoms with van der Waals surface area (Å²) in [6.07, 6.45) is 1.70. The highest BCUT2D eigenvalue weighted by molar-refractivity contribution is 9.10. The first-order valence-electron chi connectivity index (χ1n) is 6.44. The number of carbonyl (C=O) groups is 1. The van der Waals surface area contributed by atoms with Crippen LogP contribution in [0.5, 0.6) is 5.88 Å². The molecule has 110 valence electrons. The minimum absolute atomic E-state index is 0.258. The molecule has 2 aromatic rings. The average molecular weight is 351 g/mol. The van der Waals surface area contributed by atoms with E-state index < -0.39 is 5.97 Å². The van der Waals surface area contributed by atoms with Crippen molar-refractivity contribution in [3.05, 3.63) is 52.1 Å². The zero-order chi connectivity index (χ0) is 15.2. The van der Waals surface area contributed by atoms with Gasteiger partial charge in [-0.25, -0.2) is 9.78 Å². The Morgan fingerprint density at radius 2 is 2.19 bits per heavy atom. The molecule has 0 saturated heterocycles. The molecule has 0 fully saturated rings. The van der Waals surface area contributed by atoms with Crippen molar-refractivity contribution in [3.8, 4) is 5.88 Å². The van der Waals surface area contributed by atoms with Crippen molar-refractivity contribution >= 4 is 27.6 Å². The van der Waals surface area contributed by atoms with Crippen LogP contribution in [0.4, 0.5) is 5.69 Å². The number of nitrogens with one attached hydrogen (secondary N) is 1. The molecule has 2 rings (SSSR count). The second-order valence-corrected chi connectivity index (χ2v) is 5.14. The van der Waals surface area contributed by atoms with Crippen LogP contribution in [0.15, 0.2) is 41.0 Å². The standard InChI is InChI=1S/C15H15BrN2O3/c1-2-21-14-6-5-12(9-18-14)17-8-11-4-3-10(15(19)20)7-13(11)16/h3-7,9,17H,2,8H2,1H3,(H,19,20). The van der Waals surface area contributed by atoms with E-state index in [9.17, 15) is 4.79 Å². The normalized spacial score (nSPS) is 10.2. The SMILES string of the molecule is CCOc1ccc(NCc2ccc(C(=O)O)cc2Br)cn1. The molecule has 21 heavy (non-hydrogen) atoms. The van der Waals surface area contributed by atoms with E-state index in [4.69, 9.17) is 9.84 Å². The number of nitrogens with zero attached hydrogens (tertiary/aromatic N) is 1. The van der Waals surface area contributed by atoms with Crippen molar-refractivity contribution in [1.29, 1.82) is 0 Å². The molecule has 0 saturated carbocycles. The lowest BCUT2D eigenvalue weighted by atomic mass is 10.1. The van der Waals surface area contributed by atoms with Crippen LogP contribution in [0.2, 0.25) is 0 Å². The van der Waals surface area contributed by atoms with Crippen molar-refractivity contribution < 1.29 is 14.6 Å². The number of rotatable bonds is 6. The Kier molecular flexibility index (Phi) is 5.16. The Hall–Kier alpha value is -2.08. The number of hydrogen-bond acceptors (Lipinski definition) is 4. The first-order valence-corrected chi connectivity index (χ1v) is 7.24. The minimum Gasteiger partial charge on any atom is -0.478 e. The Labute approximate surface area is 131 Å². The van der Waals surface area contributed by atoms with E-state index >= 15 is 0 Å². The largest absolute Gasteiger partial charge is 0.478 e. The van der Waals surface area contributed by atoms with Gasteiger partial charge in [-0.3, -0.25) is 0 Å². The summed E-state index contributed by atoms with van der Waals surface area (Å²) in [7, 11) is 0. The van der Waals surface area contributed by atoms with Crippen LogP contribution in [-0.4, -0.2) is 22.7 Å². The number of anilines is 1. The molecule has 1 heterocycles. The number of pyridine rings is 1. The van der Waals surface area contributed by atoms with Crippen molar-refractivity contribution in [2.24, 2.45) is 0 Å². The van der Waals surface area contributed by atoms with Crippen LogP contribution in [0.25, 0.3) is 0 Å². The molecule has 0 bridgehead atoms. The van der Waals surface area contributed by atoms with E-state index in [1.54, 1.807) is 30.5 Å². The zero-order valence-corrected chi connectivity index (χ0v) is 13.1. The van der Waals surface area contributed by atoms with Crippen molar-refractivity contribution in [1.82, 2.24) is 4.98 Å². The molecule has 0 atom stereocenters. The third-order valence-electron chi connectivity index (χ3n) is 2.81. The summed E-state index contributed by atoms with van der Waals surface area (Å²) in [6.45, 7) is 3.06. The van der Waals surface area contributed by atoms with E-state index in [2.05, 4.69) is 26.2 Å². The van der Waals surface area contributed by atoms with Gasteiger partial charge in [0, 0.05) is 17.1 Å². The molecule has 5 nitrogen and oxygen atoms in total. The van der Waals surface area contributed by atoms with Crippen LogP contribution in [0, 0.1) is 0 Å². The predicted molar refractivity (Wildman–Crippen MR) is 83.8 cm³/mol. The van der Waals surface area contributed by atoms with Gasteiger partial charge in [-0.1, -0.05) is 22.0 Å². The van der Waals surface area contributed by atoms with Crippen LogP contribution in [-0.2, 0) is 6.54 Å². The van der Waals surface area contributed by atoms with E-state index in [-0.39, 0.29) is 5.56 Å². The van der Waals surface area contributed by atoms with Crippen LogP contribution in [0.3, 0.4) is 0 Å². The molecule has 1 aromatic carbocycles. The van der Waals surface area contributed by atoms with Gasteiger partial charge in [0.25, 0.3) is 0 Å². The Morgan fingerprint density at radius 3 is 2.76 bits per heavy atom. The fourth-order valence-electron chi connectivity index (χ4n) is 1.74. The quantitative estimate of drug-likeness (QED) is 0.833. The van der Waals surface area contributed by atoms with E-state index in [0.717, 1.165) is 15.7 Å². The molecule has 0 aliphatic rings. The molecule has 0 aliphatic carbocycles. The zero-order valence-electron chi connectivity index (χ0n) is 11.5. The maximum Gasteiger partial charge on any atom is 0.335 e. The Bertz CT molecular complexity index is 629. The topological polar surface area (TPSA) is 71.5 Å². The van der Waals surface area contributed by atoms with Gasteiger partial charge in [-0.05, 0) is 30.7 Å². The fourth-order valence-corrected chi connectivity index (χ4v) is 2.26. The summed E-state index contributed by atoms with van der Waals surface area (Å²) >= 11 is 3.38. The first-order chi connectivity index (χ1) is 10.1. The molecular formula is C15H15BrN2O3. The summed E-state index contributed by atoms with van der Waals surface area (Å²) in [4.78, 5) is 15.0. The number of carboxylic acids is 1. The van der Waals surface area contributed by atoms with Gasteiger partial charge in [0.1, 0.15) is 0 Å². The Morgan fingerprint density at radius 1 is 1.38 bits per heavy atom. The first kappa shape index (κ1) is 15.3. The second-order valence-electron chi connectivity index (χ2n) is 4.28. The van der Waals surface area contributed by atoms with Gasteiger partial charge in [-0.15, -0.1) is 0 Å². The van der Waals surface area contributed by atoms with Gasteiger partial charge in [0.2, 0.25) is 5.88 Å².